The summed E-state index contributed by atoms with van der Waals surface area (Å²) in [5, 5.41) is 8.66. The topological polar surface area (TPSA) is 57.6 Å². The molecule has 0 bridgehead atoms. The molecule has 0 heterocycles. The van der Waals surface area contributed by atoms with Crippen molar-refractivity contribution in [3.05, 3.63) is 0 Å². The van der Waals surface area contributed by atoms with Crippen LogP contribution in [0, 0.1) is 5.92 Å². The fourth-order valence-electron chi connectivity index (χ4n) is 1.24. The monoisotopic (exact) mass is 223 g/mol. The summed E-state index contributed by atoms with van der Waals surface area (Å²) in [6.07, 6.45) is 0. The highest BCUT2D eigenvalue weighted by molar-refractivity contribution is 7.89. The normalized spacial score (nSPS) is 13.1. The number of nitrogens with zero attached hydrogens (tertiary/aromatic N) is 1. The second-order valence-corrected chi connectivity index (χ2v) is 6.14. The number of hydrogen-bond donors (Lipinski definition) is 1. The second-order valence-electron chi connectivity index (χ2n) is 4.10. The molecule has 0 aromatic carbocycles. The molecular formula is C9H21NO3S. The second kappa shape index (κ2) is 5.68. The van der Waals surface area contributed by atoms with E-state index in [4.69, 9.17) is 5.11 Å². The van der Waals surface area contributed by atoms with E-state index in [1.54, 1.807) is 0 Å². The third-order valence-corrected chi connectivity index (χ3v) is 3.81. The summed E-state index contributed by atoms with van der Waals surface area (Å²) in [6, 6.07) is -0.0473. The molecule has 0 aromatic rings. The van der Waals surface area contributed by atoms with Gasteiger partial charge in [0, 0.05) is 12.6 Å². The number of aliphatic hydroxyl groups is 1. The van der Waals surface area contributed by atoms with E-state index < -0.39 is 10.0 Å². The van der Waals surface area contributed by atoms with Crippen LogP contribution in [0.5, 0.6) is 0 Å². The molecule has 5 heteroatoms. The molecule has 1 N–H and O–H groups in total. The van der Waals surface area contributed by atoms with E-state index in [1.807, 2.05) is 27.7 Å². The van der Waals surface area contributed by atoms with Crippen LogP contribution < -0.4 is 0 Å². The zero-order chi connectivity index (χ0) is 11.4. The maximum absolute atomic E-state index is 11.7. The summed E-state index contributed by atoms with van der Waals surface area (Å²) in [5.41, 5.74) is 0. The van der Waals surface area contributed by atoms with Gasteiger partial charge in [-0.1, -0.05) is 13.8 Å². The maximum Gasteiger partial charge on any atom is 0.216 e. The van der Waals surface area contributed by atoms with Crippen LogP contribution in [0.15, 0.2) is 0 Å². The molecule has 86 valence electrons. The molecule has 0 amide bonds. The molecule has 0 atom stereocenters. The third-order valence-electron chi connectivity index (χ3n) is 1.83. The van der Waals surface area contributed by atoms with Gasteiger partial charge in [-0.3, -0.25) is 0 Å². The van der Waals surface area contributed by atoms with Gasteiger partial charge >= 0.3 is 0 Å². The Morgan fingerprint density at radius 2 is 1.71 bits per heavy atom. The van der Waals surface area contributed by atoms with Crippen LogP contribution in [0.1, 0.15) is 27.7 Å². The first-order valence-electron chi connectivity index (χ1n) is 4.91. The SMILES string of the molecule is CC(C)CN(C(C)C)S(=O)(=O)CCO. The largest absolute Gasteiger partial charge is 0.395 e. The van der Waals surface area contributed by atoms with Crippen molar-refractivity contribution in [3.8, 4) is 0 Å². The van der Waals surface area contributed by atoms with E-state index in [9.17, 15) is 8.42 Å². The van der Waals surface area contributed by atoms with E-state index in [1.165, 1.54) is 4.31 Å². The molecular weight excluding hydrogens is 202 g/mol. The minimum Gasteiger partial charge on any atom is -0.395 e. The standard InChI is InChI=1S/C9H21NO3S/c1-8(2)7-10(9(3)4)14(12,13)6-5-11/h8-9,11H,5-7H2,1-4H3. The summed E-state index contributed by atoms with van der Waals surface area (Å²) in [4.78, 5) is 0. The molecule has 4 nitrogen and oxygen atoms in total. The van der Waals surface area contributed by atoms with Crippen LogP contribution in [0.3, 0.4) is 0 Å². The van der Waals surface area contributed by atoms with Crippen LogP contribution in [0.4, 0.5) is 0 Å². The third kappa shape index (κ3) is 4.39. The van der Waals surface area contributed by atoms with Crippen LogP contribution >= 0.6 is 0 Å². The zero-order valence-electron chi connectivity index (χ0n) is 9.40. The van der Waals surface area contributed by atoms with Crippen LogP contribution in [0.2, 0.25) is 0 Å². The van der Waals surface area contributed by atoms with Gasteiger partial charge in [-0.25, -0.2) is 8.42 Å². The first-order valence-corrected chi connectivity index (χ1v) is 6.52. The molecule has 0 spiro atoms. The minimum absolute atomic E-state index is 0.0473. The van der Waals surface area contributed by atoms with Crippen molar-refractivity contribution < 1.29 is 13.5 Å². The lowest BCUT2D eigenvalue weighted by atomic mass is 10.2. The smallest absolute Gasteiger partial charge is 0.216 e. The van der Waals surface area contributed by atoms with Gasteiger partial charge in [-0.15, -0.1) is 0 Å². The Labute approximate surface area is 87.0 Å². The van der Waals surface area contributed by atoms with E-state index in [0.29, 0.717) is 12.5 Å². The summed E-state index contributed by atoms with van der Waals surface area (Å²) in [6.45, 7) is 7.84. The first-order chi connectivity index (χ1) is 6.31. The highest BCUT2D eigenvalue weighted by Gasteiger charge is 2.24. The molecule has 0 aliphatic heterocycles. The lowest BCUT2D eigenvalue weighted by Gasteiger charge is -2.27. The molecule has 0 aliphatic carbocycles. The quantitative estimate of drug-likeness (QED) is 0.720. The summed E-state index contributed by atoms with van der Waals surface area (Å²) < 4.78 is 24.8. The number of rotatable bonds is 6. The number of hydrogen-bond acceptors (Lipinski definition) is 3. The number of aliphatic hydroxyl groups excluding tert-OH is 1. The molecule has 0 unspecified atom stereocenters. The van der Waals surface area contributed by atoms with Gasteiger partial charge in [0.25, 0.3) is 0 Å². The van der Waals surface area contributed by atoms with Crippen molar-refractivity contribution in [3.63, 3.8) is 0 Å². The fourth-order valence-corrected chi connectivity index (χ4v) is 2.87. The van der Waals surface area contributed by atoms with Gasteiger partial charge < -0.3 is 5.11 Å². The van der Waals surface area contributed by atoms with Gasteiger partial charge in [0.15, 0.2) is 0 Å². The van der Waals surface area contributed by atoms with E-state index in [0.717, 1.165) is 0 Å². The number of sulfonamides is 1. The van der Waals surface area contributed by atoms with Gasteiger partial charge in [-0.05, 0) is 19.8 Å². The van der Waals surface area contributed by atoms with Crippen LogP contribution in [0.25, 0.3) is 0 Å². The highest BCUT2D eigenvalue weighted by atomic mass is 32.2. The average Bonchev–Trinajstić information content (AvgIpc) is 1.99. The zero-order valence-corrected chi connectivity index (χ0v) is 10.2. The van der Waals surface area contributed by atoms with Crippen molar-refractivity contribution in [2.24, 2.45) is 5.92 Å². The predicted molar refractivity (Wildman–Crippen MR) is 57.6 cm³/mol. The Kier molecular flexibility index (Phi) is 5.63. The fraction of sp³-hybridized carbons (Fsp3) is 1.00. The summed E-state index contributed by atoms with van der Waals surface area (Å²) in [7, 11) is -3.28. The minimum atomic E-state index is -3.28. The molecule has 0 aromatic heterocycles. The molecule has 0 saturated carbocycles. The Balaban J connectivity index is 4.65. The van der Waals surface area contributed by atoms with E-state index >= 15 is 0 Å². The van der Waals surface area contributed by atoms with Crippen molar-refractivity contribution in [1.82, 2.24) is 4.31 Å². The molecule has 14 heavy (non-hydrogen) atoms. The van der Waals surface area contributed by atoms with Gasteiger partial charge in [0.2, 0.25) is 10.0 Å². The molecule has 0 rings (SSSR count). The lowest BCUT2D eigenvalue weighted by Crippen LogP contribution is -2.41. The predicted octanol–water partition coefficient (Wildman–Crippen LogP) is 0.675. The van der Waals surface area contributed by atoms with Gasteiger partial charge in [-0.2, -0.15) is 4.31 Å². The Bertz CT molecular complexity index is 247. The Morgan fingerprint density at radius 3 is 2.00 bits per heavy atom. The summed E-state index contributed by atoms with van der Waals surface area (Å²) in [5.74, 6) is 0.114. The molecule has 0 radical (unpaired) electrons. The van der Waals surface area contributed by atoms with Crippen molar-refractivity contribution >= 4 is 10.0 Å². The van der Waals surface area contributed by atoms with Crippen LogP contribution in [-0.4, -0.2) is 42.8 Å². The first kappa shape index (κ1) is 13.9. The molecule has 0 fully saturated rings. The van der Waals surface area contributed by atoms with E-state index in [-0.39, 0.29) is 18.4 Å². The van der Waals surface area contributed by atoms with Crippen molar-refractivity contribution in [1.29, 1.82) is 0 Å². The van der Waals surface area contributed by atoms with Crippen molar-refractivity contribution in [2.75, 3.05) is 18.9 Å². The average molecular weight is 223 g/mol. The molecule has 0 aliphatic rings. The van der Waals surface area contributed by atoms with Gasteiger partial charge in [0.1, 0.15) is 0 Å². The van der Waals surface area contributed by atoms with Crippen molar-refractivity contribution in [2.45, 2.75) is 33.7 Å². The Hall–Kier alpha value is -0.130. The lowest BCUT2D eigenvalue weighted by molar-refractivity contribution is 0.297. The van der Waals surface area contributed by atoms with Gasteiger partial charge in [0.05, 0.1) is 12.4 Å². The van der Waals surface area contributed by atoms with E-state index in [2.05, 4.69) is 0 Å². The maximum atomic E-state index is 11.7. The highest BCUT2D eigenvalue weighted by Crippen LogP contribution is 2.10. The molecule has 0 saturated heterocycles. The summed E-state index contributed by atoms with van der Waals surface area (Å²) >= 11 is 0. The van der Waals surface area contributed by atoms with Crippen LogP contribution in [-0.2, 0) is 10.0 Å². The Morgan fingerprint density at radius 1 is 1.21 bits per heavy atom.